The summed E-state index contributed by atoms with van der Waals surface area (Å²) in [4.78, 5) is 26.1. The summed E-state index contributed by atoms with van der Waals surface area (Å²) in [5, 5.41) is 9.18. The highest BCUT2D eigenvalue weighted by Crippen LogP contribution is 2.35. The maximum Gasteiger partial charge on any atom is 0.337 e. The fourth-order valence-electron chi connectivity index (χ4n) is 2.84. The van der Waals surface area contributed by atoms with E-state index in [2.05, 4.69) is 0 Å². The van der Waals surface area contributed by atoms with Crippen molar-refractivity contribution in [1.29, 1.82) is 0 Å². The maximum absolute atomic E-state index is 12.8. The van der Waals surface area contributed by atoms with Gasteiger partial charge in [-0.15, -0.1) is 0 Å². The number of aliphatic hydroxyl groups excluding tert-OH is 1. The Morgan fingerprint density at radius 3 is 2.80 bits per heavy atom. The summed E-state index contributed by atoms with van der Waals surface area (Å²) in [5.41, 5.74) is 1.90. The Labute approximate surface area is 145 Å². The molecule has 3 rings (SSSR count). The Bertz CT molecular complexity index is 789. The highest BCUT2D eigenvalue weighted by Gasteiger charge is 2.33. The number of benzene rings is 2. The molecule has 6 nitrogen and oxygen atoms in total. The van der Waals surface area contributed by atoms with Crippen LogP contribution in [0.5, 0.6) is 5.75 Å². The standard InChI is InChI=1S/C19H19NO5/c1-24-19(23)14-6-4-5-13(11-14)12-20-15-7-2-3-8-16(15)25-17(9-10-21)18(20)22/h2-8,11,17,21H,9-10,12H2,1H3. The Hall–Kier alpha value is -2.86. The third-order valence-corrected chi connectivity index (χ3v) is 4.05. The first kappa shape index (κ1) is 17.0. The second kappa shape index (κ2) is 7.36. The van der Waals surface area contributed by atoms with E-state index in [1.807, 2.05) is 24.3 Å². The number of aliphatic hydroxyl groups is 1. The van der Waals surface area contributed by atoms with Gasteiger partial charge in [-0.1, -0.05) is 24.3 Å². The van der Waals surface area contributed by atoms with Gasteiger partial charge >= 0.3 is 5.97 Å². The van der Waals surface area contributed by atoms with Crippen molar-refractivity contribution < 1.29 is 24.2 Å². The molecule has 1 heterocycles. The molecule has 0 bridgehead atoms. The summed E-state index contributed by atoms with van der Waals surface area (Å²) in [6.07, 6.45) is -0.491. The van der Waals surface area contributed by atoms with Crippen LogP contribution in [-0.2, 0) is 16.1 Å². The summed E-state index contributed by atoms with van der Waals surface area (Å²) < 4.78 is 10.4. The normalized spacial score (nSPS) is 16.2. The largest absolute Gasteiger partial charge is 0.478 e. The molecule has 1 unspecified atom stereocenters. The van der Waals surface area contributed by atoms with Crippen LogP contribution < -0.4 is 9.64 Å². The first-order valence-electron chi connectivity index (χ1n) is 7.99. The van der Waals surface area contributed by atoms with E-state index in [4.69, 9.17) is 9.47 Å². The molecule has 2 aromatic carbocycles. The topological polar surface area (TPSA) is 76.1 Å². The molecule has 1 N–H and O–H groups in total. The van der Waals surface area contributed by atoms with E-state index in [9.17, 15) is 14.7 Å². The van der Waals surface area contributed by atoms with Crippen LogP contribution in [0.25, 0.3) is 0 Å². The Morgan fingerprint density at radius 2 is 2.04 bits per heavy atom. The molecule has 0 radical (unpaired) electrons. The van der Waals surface area contributed by atoms with Crippen LogP contribution in [0.4, 0.5) is 5.69 Å². The Balaban J connectivity index is 1.92. The van der Waals surface area contributed by atoms with Crippen molar-refractivity contribution >= 4 is 17.6 Å². The van der Waals surface area contributed by atoms with Crippen molar-refractivity contribution in [1.82, 2.24) is 0 Å². The molecule has 1 amide bonds. The zero-order chi connectivity index (χ0) is 17.8. The third-order valence-electron chi connectivity index (χ3n) is 4.05. The van der Waals surface area contributed by atoms with Crippen LogP contribution in [0.1, 0.15) is 22.3 Å². The molecule has 130 valence electrons. The van der Waals surface area contributed by atoms with Gasteiger partial charge in [-0.2, -0.15) is 0 Å². The number of fused-ring (bicyclic) bond motifs is 1. The highest BCUT2D eigenvalue weighted by atomic mass is 16.5. The van der Waals surface area contributed by atoms with Crippen molar-refractivity contribution in [3.8, 4) is 5.75 Å². The number of anilines is 1. The van der Waals surface area contributed by atoms with Crippen molar-refractivity contribution in [2.45, 2.75) is 19.1 Å². The molecule has 2 aromatic rings. The molecule has 1 aliphatic heterocycles. The number of methoxy groups -OCH3 is 1. The van der Waals surface area contributed by atoms with Gasteiger partial charge in [0.2, 0.25) is 0 Å². The van der Waals surface area contributed by atoms with Crippen molar-refractivity contribution in [2.24, 2.45) is 0 Å². The van der Waals surface area contributed by atoms with Crippen LogP contribution in [0.3, 0.4) is 0 Å². The van der Waals surface area contributed by atoms with E-state index in [0.29, 0.717) is 23.5 Å². The monoisotopic (exact) mass is 341 g/mol. The molecule has 6 heteroatoms. The van der Waals surface area contributed by atoms with Gasteiger partial charge in [0.05, 0.1) is 24.9 Å². The highest BCUT2D eigenvalue weighted by molar-refractivity contribution is 6.00. The smallest absolute Gasteiger partial charge is 0.337 e. The van der Waals surface area contributed by atoms with Gasteiger partial charge in [0.1, 0.15) is 5.75 Å². The summed E-state index contributed by atoms with van der Waals surface area (Å²) >= 11 is 0. The zero-order valence-electron chi connectivity index (χ0n) is 13.8. The van der Waals surface area contributed by atoms with Gasteiger partial charge in [-0.3, -0.25) is 4.79 Å². The number of para-hydroxylation sites is 2. The van der Waals surface area contributed by atoms with E-state index >= 15 is 0 Å². The van der Waals surface area contributed by atoms with Crippen LogP contribution in [0.15, 0.2) is 48.5 Å². The van der Waals surface area contributed by atoms with Gasteiger partial charge < -0.3 is 19.5 Å². The number of amides is 1. The van der Waals surface area contributed by atoms with E-state index in [1.165, 1.54) is 7.11 Å². The molecule has 0 fully saturated rings. The van der Waals surface area contributed by atoms with Gasteiger partial charge in [-0.05, 0) is 29.8 Å². The number of esters is 1. The number of carbonyl (C=O) groups is 2. The summed E-state index contributed by atoms with van der Waals surface area (Å²) in [7, 11) is 1.33. The average Bonchev–Trinajstić information content (AvgIpc) is 2.65. The maximum atomic E-state index is 12.8. The van der Waals surface area contributed by atoms with Gasteiger partial charge in [-0.25, -0.2) is 4.79 Å². The van der Waals surface area contributed by atoms with Crippen molar-refractivity contribution in [3.05, 3.63) is 59.7 Å². The van der Waals surface area contributed by atoms with E-state index in [0.717, 1.165) is 5.56 Å². The molecule has 0 spiro atoms. The molecular weight excluding hydrogens is 322 g/mol. The number of hydrogen-bond acceptors (Lipinski definition) is 5. The van der Waals surface area contributed by atoms with Gasteiger partial charge in [0.25, 0.3) is 5.91 Å². The van der Waals surface area contributed by atoms with Crippen LogP contribution in [-0.4, -0.2) is 36.8 Å². The fourth-order valence-corrected chi connectivity index (χ4v) is 2.84. The molecule has 0 saturated heterocycles. The molecule has 0 aromatic heterocycles. The van der Waals surface area contributed by atoms with E-state index in [-0.39, 0.29) is 18.9 Å². The minimum atomic E-state index is -0.719. The predicted molar refractivity (Wildman–Crippen MR) is 91.5 cm³/mol. The van der Waals surface area contributed by atoms with E-state index < -0.39 is 12.1 Å². The number of hydrogen-bond donors (Lipinski definition) is 1. The predicted octanol–water partition coefficient (Wildman–Crippen LogP) is 2.15. The lowest BCUT2D eigenvalue weighted by Gasteiger charge is -2.34. The molecule has 1 atom stereocenters. The second-order valence-corrected chi connectivity index (χ2v) is 5.70. The summed E-state index contributed by atoms with van der Waals surface area (Å²) in [6, 6.07) is 14.2. The summed E-state index contributed by atoms with van der Waals surface area (Å²) in [6.45, 7) is 0.163. The third kappa shape index (κ3) is 3.49. The molecule has 0 saturated carbocycles. The lowest BCUT2D eigenvalue weighted by atomic mass is 10.1. The van der Waals surface area contributed by atoms with Crippen LogP contribution >= 0.6 is 0 Å². The second-order valence-electron chi connectivity index (χ2n) is 5.70. The van der Waals surface area contributed by atoms with Crippen molar-refractivity contribution in [3.63, 3.8) is 0 Å². The number of nitrogens with zero attached hydrogens (tertiary/aromatic N) is 1. The zero-order valence-corrected chi connectivity index (χ0v) is 13.8. The quantitative estimate of drug-likeness (QED) is 0.844. The molecule has 1 aliphatic rings. The first-order valence-corrected chi connectivity index (χ1v) is 7.99. The molecular formula is C19H19NO5. The van der Waals surface area contributed by atoms with Gasteiger partial charge in [0, 0.05) is 13.0 Å². The lowest BCUT2D eigenvalue weighted by Crippen LogP contribution is -2.45. The summed E-state index contributed by atoms with van der Waals surface area (Å²) in [5.74, 6) is -0.0328. The van der Waals surface area contributed by atoms with Crippen LogP contribution in [0, 0.1) is 0 Å². The Morgan fingerprint density at radius 1 is 1.24 bits per heavy atom. The lowest BCUT2D eigenvalue weighted by molar-refractivity contribution is -0.127. The number of ether oxygens (including phenoxy) is 2. The molecule has 25 heavy (non-hydrogen) atoms. The Kier molecular flexibility index (Phi) is 5.00. The van der Waals surface area contributed by atoms with E-state index in [1.54, 1.807) is 29.2 Å². The minimum absolute atomic E-state index is 0.135. The SMILES string of the molecule is COC(=O)c1cccc(CN2C(=O)C(CCO)Oc3ccccc32)c1. The fraction of sp³-hybridized carbons (Fsp3) is 0.263. The van der Waals surface area contributed by atoms with Crippen molar-refractivity contribution in [2.75, 3.05) is 18.6 Å². The molecule has 0 aliphatic carbocycles. The number of rotatable bonds is 5. The van der Waals surface area contributed by atoms with Gasteiger partial charge in [0.15, 0.2) is 6.10 Å². The average molecular weight is 341 g/mol. The van der Waals surface area contributed by atoms with Crippen LogP contribution in [0.2, 0.25) is 0 Å². The minimum Gasteiger partial charge on any atom is -0.478 e. The number of carbonyl (C=O) groups excluding carboxylic acids is 2. The first-order chi connectivity index (χ1) is 12.1.